The van der Waals surface area contributed by atoms with E-state index in [1.54, 1.807) is 11.8 Å². The number of carbonyl (C=O) groups is 2. The van der Waals surface area contributed by atoms with Gasteiger partial charge in [0.1, 0.15) is 5.69 Å². The molecule has 1 atom stereocenters. The predicted octanol–water partition coefficient (Wildman–Crippen LogP) is 0.864. The van der Waals surface area contributed by atoms with Gasteiger partial charge in [-0.2, -0.15) is 0 Å². The van der Waals surface area contributed by atoms with E-state index >= 15 is 0 Å². The summed E-state index contributed by atoms with van der Waals surface area (Å²) in [5, 5.41) is 8.97. The van der Waals surface area contributed by atoms with Crippen LogP contribution >= 0.6 is 0 Å². The minimum absolute atomic E-state index is 0.127. The molecule has 0 saturated carbocycles. The van der Waals surface area contributed by atoms with Gasteiger partial charge < -0.3 is 14.9 Å². The quantitative estimate of drug-likeness (QED) is 0.868. The van der Waals surface area contributed by atoms with E-state index in [-0.39, 0.29) is 17.5 Å². The summed E-state index contributed by atoms with van der Waals surface area (Å²) >= 11 is 0. The normalized spacial score (nSPS) is 19.9. The summed E-state index contributed by atoms with van der Waals surface area (Å²) in [6, 6.07) is 3.06. The monoisotopic (exact) mass is 277 g/mol. The largest absolute Gasteiger partial charge is 0.478 e. The first kappa shape index (κ1) is 14.5. The van der Waals surface area contributed by atoms with Crippen LogP contribution in [0.25, 0.3) is 0 Å². The van der Waals surface area contributed by atoms with Crippen LogP contribution in [0, 0.1) is 6.92 Å². The number of rotatable bonds is 2. The zero-order valence-corrected chi connectivity index (χ0v) is 12.0. The Labute approximate surface area is 118 Å². The molecule has 1 aliphatic heterocycles. The Kier molecular flexibility index (Phi) is 4.04. The smallest absolute Gasteiger partial charge is 0.337 e. The average Bonchev–Trinajstić information content (AvgIpc) is 2.37. The second kappa shape index (κ2) is 5.58. The Hall–Kier alpha value is -1.95. The van der Waals surface area contributed by atoms with Gasteiger partial charge >= 0.3 is 5.97 Å². The first-order valence-electron chi connectivity index (χ1n) is 6.60. The first-order valence-corrected chi connectivity index (χ1v) is 6.60. The maximum atomic E-state index is 12.4. The van der Waals surface area contributed by atoms with Crippen molar-refractivity contribution in [2.24, 2.45) is 0 Å². The van der Waals surface area contributed by atoms with Gasteiger partial charge in [0.05, 0.1) is 11.3 Å². The van der Waals surface area contributed by atoms with Crippen molar-refractivity contribution >= 4 is 11.9 Å². The van der Waals surface area contributed by atoms with Crippen LogP contribution in [0.5, 0.6) is 0 Å². The highest BCUT2D eigenvalue weighted by Gasteiger charge is 2.27. The number of likely N-dealkylation sites (N-methyl/N-ethyl adjacent to an activating group) is 1. The van der Waals surface area contributed by atoms with Crippen LogP contribution in [0.15, 0.2) is 12.1 Å². The van der Waals surface area contributed by atoms with E-state index in [4.69, 9.17) is 5.11 Å². The van der Waals surface area contributed by atoms with Crippen LogP contribution in [-0.4, -0.2) is 64.5 Å². The van der Waals surface area contributed by atoms with Crippen LogP contribution in [0.3, 0.4) is 0 Å². The minimum Gasteiger partial charge on any atom is -0.478 e. The molecule has 20 heavy (non-hydrogen) atoms. The van der Waals surface area contributed by atoms with Crippen LogP contribution in [0.2, 0.25) is 0 Å². The second-order valence-electron chi connectivity index (χ2n) is 5.24. The van der Waals surface area contributed by atoms with Gasteiger partial charge in [0.25, 0.3) is 5.91 Å². The molecule has 1 aliphatic rings. The van der Waals surface area contributed by atoms with E-state index in [2.05, 4.69) is 9.88 Å². The fourth-order valence-corrected chi connectivity index (χ4v) is 2.49. The molecule has 0 spiro atoms. The number of aromatic carboxylic acids is 1. The van der Waals surface area contributed by atoms with E-state index in [1.807, 2.05) is 14.0 Å². The van der Waals surface area contributed by atoms with Crippen molar-refractivity contribution in [2.75, 3.05) is 26.7 Å². The Morgan fingerprint density at radius 3 is 2.60 bits per heavy atom. The molecule has 0 aliphatic carbocycles. The van der Waals surface area contributed by atoms with Crippen molar-refractivity contribution in [3.63, 3.8) is 0 Å². The molecule has 1 fully saturated rings. The standard InChI is InChI=1S/C14H19N3O3/c1-9-8-16(3)6-7-17(9)13(18)12-5-4-11(14(19)20)10(2)15-12/h4-5,9H,6-8H2,1-3H3,(H,19,20). The van der Waals surface area contributed by atoms with Crippen molar-refractivity contribution in [1.82, 2.24) is 14.8 Å². The van der Waals surface area contributed by atoms with Crippen molar-refractivity contribution in [1.29, 1.82) is 0 Å². The highest BCUT2D eigenvalue weighted by Crippen LogP contribution is 2.14. The van der Waals surface area contributed by atoms with Gasteiger partial charge in [-0.25, -0.2) is 9.78 Å². The molecule has 0 radical (unpaired) electrons. The summed E-state index contributed by atoms with van der Waals surface area (Å²) in [4.78, 5) is 31.5. The third-order valence-corrected chi connectivity index (χ3v) is 3.63. The first-order chi connectivity index (χ1) is 9.40. The minimum atomic E-state index is -1.03. The lowest BCUT2D eigenvalue weighted by Gasteiger charge is -2.38. The summed E-state index contributed by atoms with van der Waals surface area (Å²) in [6.45, 7) is 5.94. The molecule has 0 aromatic carbocycles. The van der Waals surface area contributed by atoms with Gasteiger partial charge in [0.15, 0.2) is 0 Å². The SMILES string of the molecule is Cc1nc(C(=O)N2CCN(C)CC2C)ccc1C(=O)O. The lowest BCUT2D eigenvalue weighted by Crippen LogP contribution is -2.52. The number of carbonyl (C=O) groups excluding carboxylic acids is 1. The molecule has 2 heterocycles. The molecule has 1 saturated heterocycles. The van der Waals surface area contributed by atoms with Crippen molar-refractivity contribution in [3.05, 3.63) is 29.1 Å². The lowest BCUT2D eigenvalue weighted by molar-refractivity contribution is 0.0526. The predicted molar refractivity (Wildman–Crippen MR) is 73.9 cm³/mol. The number of aryl methyl sites for hydroxylation is 1. The lowest BCUT2D eigenvalue weighted by atomic mass is 10.1. The number of pyridine rings is 1. The number of piperazine rings is 1. The number of aromatic nitrogens is 1. The summed E-state index contributed by atoms with van der Waals surface area (Å²) in [5.41, 5.74) is 0.807. The third-order valence-electron chi connectivity index (χ3n) is 3.63. The van der Waals surface area contributed by atoms with Crippen LogP contribution in [0.1, 0.15) is 33.5 Å². The zero-order chi connectivity index (χ0) is 14.9. The number of nitrogens with zero attached hydrogens (tertiary/aromatic N) is 3. The Morgan fingerprint density at radius 2 is 2.05 bits per heavy atom. The van der Waals surface area contributed by atoms with Gasteiger partial charge in [0.2, 0.25) is 0 Å². The molecule has 6 nitrogen and oxygen atoms in total. The maximum absolute atomic E-state index is 12.4. The van der Waals surface area contributed by atoms with Crippen LogP contribution < -0.4 is 0 Å². The fourth-order valence-electron chi connectivity index (χ4n) is 2.49. The van der Waals surface area contributed by atoms with E-state index in [9.17, 15) is 9.59 Å². The Morgan fingerprint density at radius 1 is 1.35 bits per heavy atom. The number of hydrogen-bond donors (Lipinski definition) is 1. The molecule has 2 rings (SSSR count). The van der Waals surface area contributed by atoms with E-state index in [1.165, 1.54) is 12.1 Å². The zero-order valence-electron chi connectivity index (χ0n) is 12.0. The highest BCUT2D eigenvalue weighted by atomic mass is 16.4. The van der Waals surface area contributed by atoms with Gasteiger partial charge in [0, 0.05) is 25.7 Å². The molecule has 1 aromatic heterocycles. The van der Waals surface area contributed by atoms with Crippen molar-refractivity contribution in [2.45, 2.75) is 19.9 Å². The molecular weight excluding hydrogens is 258 g/mol. The molecule has 1 N–H and O–H groups in total. The van der Waals surface area contributed by atoms with Gasteiger partial charge in [-0.15, -0.1) is 0 Å². The van der Waals surface area contributed by atoms with E-state index in [0.717, 1.165) is 13.1 Å². The van der Waals surface area contributed by atoms with Gasteiger partial charge in [-0.05, 0) is 33.0 Å². The molecule has 0 bridgehead atoms. The fraction of sp³-hybridized carbons (Fsp3) is 0.500. The third kappa shape index (κ3) is 2.80. The average molecular weight is 277 g/mol. The number of hydrogen-bond acceptors (Lipinski definition) is 4. The second-order valence-corrected chi connectivity index (χ2v) is 5.24. The Balaban J connectivity index is 2.21. The summed E-state index contributed by atoms with van der Waals surface area (Å²) in [5.74, 6) is -1.16. The molecular formula is C14H19N3O3. The van der Waals surface area contributed by atoms with Crippen molar-refractivity contribution < 1.29 is 14.7 Å². The van der Waals surface area contributed by atoms with Crippen LogP contribution in [-0.2, 0) is 0 Å². The molecule has 6 heteroatoms. The van der Waals surface area contributed by atoms with E-state index in [0.29, 0.717) is 17.9 Å². The molecule has 1 unspecified atom stereocenters. The summed E-state index contributed by atoms with van der Waals surface area (Å²) in [7, 11) is 2.03. The molecule has 108 valence electrons. The van der Waals surface area contributed by atoms with E-state index < -0.39 is 5.97 Å². The molecule has 1 aromatic rings. The topological polar surface area (TPSA) is 73.7 Å². The van der Waals surface area contributed by atoms with Crippen molar-refractivity contribution in [3.8, 4) is 0 Å². The van der Waals surface area contributed by atoms with Crippen LogP contribution in [0.4, 0.5) is 0 Å². The molecule has 1 amide bonds. The number of carboxylic acid groups (broad SMARTS) is 1. The number of carboxylic acids is 1. The summed E-state index contributed by atoms with van der Waals surface area (Å²) in [6.07, 6.45) is 0. The maximum Gasteiger partial charge on any atom is 0.337 e. The highest BCUT2D eigenvalue weighted by molar-refractivity contribution is 5.94. The number of amides is 1. The summed E-state index contributed by atoms with van der Waals surface area (Å²) < 4.78 is 0. The van der Waals surface area contributed by atoms with Gasteiger partial charge in [-0.1, -0.05) is 0 Å². The van der Waals surface area contributed by atoms with Gasteiger partial charge in [-0.3, -0.25) is 4.79 Å². The Bertz CT molecular complexity index is 544.